The van der Waals surface area contributed by atoms with Crippen molar-refractivity contribution < 1.29 is 14.3 Å². The van der Waals surface area contributed by atoms with Gasteiger partial charge in [0.2, 0.25) is 17.7 Å². The lowest BCUT2D eigenvalue weighted by atomic mass is 10.1. The van der Waals surface area contributed by atoms with E-state index in [9.17, 15) is 9.59 Å². The van der Waals surface area contributed by atoms with Crippen LogP contribution < -0.4 is 10.1 Å². The fourth-order valence-electron chi connectivity index (χ4n) is 2.95. The van der Waals surface area contributed by atoms with Gasteiger partial charge in [-0.05, 0) is 12.5 Å². The normalized spacial score (nSPS) is 13.2. The minimum Gasteiger partial charge on any atom is -0.481 e. The molecule has 0 spiro atoms. The summed E-state index contributed by atoms with van der Waals surface area (Å²) in [6.45, 7) is 3.20. The molecular formula is C18H23N5O3. The average molecular weight is 357 g/mol. The summed E-state index contributed by atoms with van der Waals surface area (Å²) < 4.78 is 5.07. The van der Waals surface area contributed by atoms with E-state index in [0.29, 0.717) is 38.4 Å². The molecule has 0 fully saturated rings. The maximum absolute atomic E-state index is 12.4. The zero-order chi connectivity index (χ0) is 18.5. The summed E-state index contributed by atoms with van der Waals surface area (Å²) in [6.07, 6.45) is 3.52. The lowest BCUT2D eigenvalue weighted by molar-refractivity contribution is -0.132. The summed E-state index contributed by atoms with van der Waals surface area (Å²) in [5.74, 6) is 1.34. The minimum absolute atomic E-state index is 0.0712. The Morgan fingerprint density at radius 2 is 2.23 bits per heavy atom. The largest absolute Gasteiger partial charge is 0.481 e. The first kappa shape index (κ1) is 17.9. The average Bonchev–Trinajstić information content (AvgIpc) is 3.08. The Balaban J connectivity index is 1.60. The predicted octanol–water partition coefficient (Wildman–Crippen LogP) is 1.28. The van der Waals surface area contributed by atoms with Crippen LogP contribution in [0.15, 0.2) is 18.3 Å². The first-order chi connectivity index (χ1) is 12.6. The molecule has 0 bridgehead atoms. The zero-order valence-corrected chi connectivity index (χ0v) is 15.0. The van der Waals surface area contributed by atoms with Gasteiger partial charge in [0.1, 0.15) is 5.82 Å². The van der Waals surface area contributed by atoms with E-state index in [0.717, 1.165) is 29.2 Å². The van der Waals surface area contributed by atoms with E-state index in [1.807, 2.05) is 11.0 Å². The number of aromatic nitrogens is 3. The predicted molar refractivity (Wildman–Crippen MR) is 95.4 cm³/mol. The highest BCUT2D eigenvalue weighted by Crippen LogP contribution is 2.23. The van der Waals surface area contributed by atoms with E-state index in [1.54, 1.807) is 19.4 Å². The highest BCUT2D eigenvalue weighted by Gasteiger charge is 2.23. The standard InChI is InChI=1S/C18H23N5O3/c1-12(24)19-8-3-4-17(25)23-9-7-14-15(11-23)22-18(21-14)13-5-6-16(26-2)20-10-13/h5-6,10H,3-4,7-9,11H2,1-2H3,(H,19,24)(H,21,22). The first-order valence-electron chi connectivity index (χ1n) is 8.67. The highest BCUT2D eigenvalue weighted by molar-refractivity contribution is 5.76. The van der Waals surface area contributed by atoms with Crippen molar-refractivity contribution in [1.29, 1.82) is 0 Å². The number of hydrogen-bond acceptors (Lipinski definition) is 5. The number of H-pyrrole nitrogens is 1. The molecule has 138 valence electrons. The summed E-state index contributed by atoms with van der Waals surface area (Å²) in [4.78, 5) is 37.2. The van der Waals surface area contributed by atoms with Gasteiger partial charge < -0.3 is 19.9 Å². The van der Waals surface area contributed by atoms with Crippen LogP contribution in [-0.4, -0.2) is 51.9 Å². The fourth-order valence-corrected chi connectivity index (χ4v) is 2.95. The highest BCUT2D eigenvalue weighted by atomic mass is 16.5. The summed E-state index contributed by atoms with van der Waals surface area (Å²) in [6, 6.07) is 3.70. The van der Waals surface area contributed by atoms with Crippen LogP contribution in [-0.2, 0) is 22.6 Å². The van der Waals surface area contributed by atoms with Gasteiger partial charge in [-0.15, -0.1) is 0 Å². The molecular weight excluding hydrogens is 334 g/mol. The van der Waals surface area contributed by atoms with Gasteiger partial charge in [-0.1, -0.05) is 0 Å². The Hall–Kier alpha value is -2.90. The molecule has 1 aliphatic rings. The molecule has 26 heavy (non-hydrogen) atoms. The Morgan fingerprint density at radius 3 is 2.92 bits per heavy atom. The van der Waals surface area contributed by atoms with Crippen LogP contribution in [0.2, 0.25) is 0 Å². The molecule has 3 heterocycles. The van der Waals surface area contributed by atoms with Gasteiger partial charge >= 0.3 is 0 Å². The summed E-state index contributed by atoms with van der Waals surface area (Å²) >= 11 is 0. The molecule has 0 aromatic carbocycles. The molecule has 0 unspecified atom stereocenters. The second-order valence-electron chi connectivity index (χ2n) is 6.25. The van der Waals surface area contributed by atoms with Crippen molar-refractivity contribution >= 4 is 11.8 Å². The third-order valence-electron chi connectivity index (χ3n) is 4.34. The number of ether oxygens (including phenoxy) is 1. The van der Waals surface area contributed by atoms with Crippen LogP contribution in [0.3, 0.4) is 0 Å². The van der Waals surface area contributed by atoms with Crippen molar-refractivity contribution in [3.8, 4) is 17.3 Å². The van der Waals surface area contributed by atoms with Gasteiger partial charge in [-0.3, -0.25) is 9.59 Å². The van der Waals surface area contributed by atoms with E-state index in [1.165, 1.54) is 6.92 Å². The Labute approximate surface area is 152 Å². The van der Waals surface area contributed by atoms with Crippen LogP contribution in [0, 0.1) is 0 Å². The van der Waals surface area contributed by atoms with Crippen LogP contribution >= 0.6 is 0 Å². The molecule has 2 amide bonds. The van der Waals surface area contributed by atoms with Gasteiger partial charge in [0.25, 0.3) is 0 Å². The molecule has 0 radical (unpaired) electrons. The number of rotatable bonds is 6. The van der Waals surface area contributed by atoms with E-state index < -0.39 is 0 Å². The van der Waals surface area contributed by atoms with E-state index in [4.69, 9.17) is 4.74 Å². The number of amides is 2. The maximum Gasteiger partial charge on any atom is 0.222 e. The van der Waals surface area contributed by atoms with Crippen LogP contribution in [0.4, 0.5) is 0 Å². The number of aromatic amines is 1. The molecule has 0 saturated heterocycles. The van der Waals surface area contributed by atoms with Crippen molar-refractivity contribution in [2.75, 3.05) is 20.2 Å². The second-order valence-corrected chi connectivity index (χ2v) is 6.25. The van der Waals surface area contributed by atoms with Crippen molar-refractivity contribution in [1.82, 2.24) is 25.2 Å². The molecule has 8 heteroatoms. The number of imidazole rings is 1. The number of carbonyl (C=O) groups is 2. The van der Waals surface area contributed by atoms with E-state index in [-0.39, 0.29) is 11.8 Å². The number of nitrogens with one attached hydrogen (secondary N) is 2. The van der Waals surface area contributed by atoms with Gasteiger partial charge in [-0.25, -0.2) is 9.97 Å². The van der Waals surface area contributed by atoms with Gasteiger partial charge in [0, 0.05) is 50.7 Å². The van der Waals surface area contributed by atoms with E-state index in [2.05, 4.69) is 20.3 Å². The third kappa shape index (κ3) is 4.19. The maximum atomic E-state index is 12.4. The molecule has 8 nitrogen and oxygen atoms in total. The first-order valence-corrected chi connectivity index (χ1v) is 8.67. The van der Waals surface area contributed by atoms with Crippen molar-refractivity contribution in [2.45, 2.75) is 32.7 Å². The Morgan fingerprint density at radius 1 is 1.38 bits per heavy atom. The molecule has 1 aliphatic heterocycles. The lowest BCUT2D eigenvalue weighted by Crippen LogP contribution is -2.36. The molecule has 2 aromatic rings. The Kier molecular flexibility index (Phi) is 5.50. The van der Waals surface area contributed by atoms with Crippen LogP contribution in [0.1, 0.15) is 31.2 Å². The quantitative estimate of drug-likeness (QED) is 0.759. The van der Waals surface area contributed by atoms with Crippen molar-refractivity contribution in [3.63, 3.8) is 0 Å². The van der Waals surface area contributed by atoms with Crippen molar-refractivity contribution in [2.24, 2.45) is 0 Å². The zero-order valence-electron chi connectivity index (χ0n) is 15.0. The summed E-state index contributed by atoms with van der Waals surface area (Å²) in [7, 11) is 1.58. The van der Waals surface area contributed by atoms with E-state index >= 15 is 0 Å². The fraction of sp³-hybridized carbons (Fsp3) is 0.444. The van der Waals surface area contributed by atoms with Gasteiger partial charge in [-0.2, -0.15) is 0 Å². The summed E-state index contributed by atoms with van der Waals surface area (Å²) in [5.41, 5.74) is 2.85. The van der Waals surface area contributed by atoms with Gasteiger partial charge in [0.15, 0.2) is 0 Å². The topological polar surface area (TPSA) is 100 Å². The smallest absolute Gasteiger partial charge is 0.222 e. The molecule has 0 saturated carbocycles. The lowest BCUT2D eigenvalue weighted by Gasteiger charge is -2.26. The molecule has 2 N–H and O–H groups in total. The summed E-state index contributed by atoms with van der Waals surface area (Å²) in [5, 5.41) is 2.71. The number of methoxy groups -OCH3 is 1. The third-order valence-corrected chi connectivity index (χ3v) is 4.34. The monoisotopic (exact) mass is 357 g/mol. The van der Waals surface area contributed by atoms with Gasteiger partial charge in [0.05, 0.1) is 25.0 Å². The SMILES string of the molecule is COc1ccc(-c2nc3c([nH]2)CN(C(=O)CCCNC(C)=O)CC3)cn1. The van der Waals surface area contributed by atoms with Crippen LogP contribution in [0.25, 0.3) is 11.4 Å². The number of hydrogen-bond donors (Lipinski definition) is 2. The molecule has 2 aromatic heterocycles. The number of fused-ring (bicyclic) bond motifs is 1. The second kappa shape index (κ2) is 7.99. The van der Waals surface area contributed by atoms with Crippen molar-refractivity contribution in [3.05, 3.63) is 29.7 Å². The molecule has 3 rings (SSSR count). The number of nitrogens with zero attached hydrogens (tertiary/aromatic N) is 3. The molecule has 0 aliphatic carbocycles. The number of carbonyl (C=O) groups excluding carboxylic acids is 2. The van der Waals surface area contributed by atoms with Crippen LogP contribution in [0.5, 0.6) is 5.88 Å². The molecule has 0 atom stereocenters. The Bertz CT molecular complexity index is 785. The number of pyridine rings is 1. The minimum atomic E-state index is -0.0712.